The zero-order valence-corrected chi connectivity index (χ0v) is 12.7. The van der Waals surface area contributed by atoms with Gasteiger partial charge in [0.1, 0.15) is 5.52 Å². The molecule has 0 bridgehead atoms. The van der Waals surface area contributed by atoms with Gasteiger partial charge in [0.15, 0.2) is 11.3 Å². The SMILES string of the molecule is CC(C)(C)c1ccc2oc(CNC(=O)c3cn[nH]n3)nc2c1. The van der Waals surface area contributed by atoms with Gasteiger partial charge in [-0.1, -0.05) is 26.8 Å². The standard InChI is InChI=1S/C15H17N5O2/c1-15(2,3)9-4-5-12-10(6-9)18-13(22-12)8-16-14(21)11-7-17-20-19-11/h4-7H,8H2,1-3H3,(H,16,21)(H,17,19,20). The fraction of sp³-hybridized carbons (Fsp3) is 0.333. The van der Waals surface area contributed by atoms with Crippen molar-refractivity contribution in [2.75, 3.05) is 0 Å². The molecule has 0 aliphatic heterocycles. The molecule has 7 nitrogen and oxygen atoms in total. The monoisotopic (exact) mass is 299 g/mol. The van der Waals surface area contributed by atoms with Gasteiger partial charge in [0.2, 0.25) is 5.89 Å². The van der Waals surface area contributed by atoms with Crippen LogP contribution in [0.3, 0.4) is 0 Å². The second-order valence-electron chi connectivity index (χ2n) is 6.08. The maximum Gasteiger partial charge on any atom is 0.273 e. The van der Waals surface area contributed by atoms with E-state index in [1.54, 1.807) is 0 Å². The van der Waals surface area contributed by atoms with Gasteiger partial charge in [-0.3, -0.25) is 4.79 Å². The highest BCUT2D eigenvalue weighted by Gasteiger charge is 2.16. The lowest BCUT2D eigenvalue weighted by molar-refractivity contribution is 0.0942. The molecule has 114 valence electrons. The van der Waals surface area contributed by atoms with Crippen LogP contribution < -0.4 is 5.32 Å². The molecular formula is C15H17N5O2. The third-order valence-corrected chi connectivity index (χ3v) is 3.35. The molecule has 1 aromatic carbocycles. The highest BCUT2D eigenvalue weighted by molar-refractivity contribution is 5.91. The van der Waals surface area contributed by atoms with E-state index in [0.29, 0.717) is 11.5 Å². The van der Waals surface area contributed by atoms with Gasteiger partial charge in [-0.25, -0.2) is 4.98 Å². The summed E-state index contributed by atoms with van der Waals surface area (Å²) in [5.41, 5.74) is 2.96. The minimum absolute atomic E-state index is 0.0501. The van der Waals surface area contributed by atoms with Gasteiger partial charge in [-0.05, 0) is 23.1 Å². The van der Waals surface area contributed by atoms with Crippen molar-refractivity contribution in [2.24, 2.45) is 0 Å². The van der Waals surface area contributed by atoms with Crippen molar-refractivity contribution in [1.29, 1.82) is 0 Å². The molecule has 0 aliphatic rings. The molecule has 0 radical (unpaired) electrons. The number of hydrogen-bond acceptors (Lipinski definition) is 5. The Kier molecular flexibility index (Phi) is 3.40. The first-order valence-corrected chi connectivity index (χ1v) is 6.97. The van der Waals surface area contributed by atoms with Gasteiger partial charge in [-0.15, -0.1) is 0 Å². The molecule has 0 atom stereocenters. The molecule has 1 amide bonds. The van der Waals surface area contributed by atoms with Gasteiger partial charge < -0.3 is 9.73 Å². The fourth-order valence-electron chi connectivity index (χ4n) is 2.07. The molecule has 0 saturated heterocycles. The lowest BCUT2D eigenvalue weighted by Crippen LogP contribution is -2.23. The number of nitrogens with zero attached hydrogens (tertiary/aromatic N) is 3. The minimum atomic E-state index is -0.327. The van der Waals surface area contributed by atoms with Crippen LogP contribution in [0.1, 0.15) is 42.7 Å². The first-order chi connectivity index (χ1) is 10.4. The Balaban J connectivity index is 1.76. The summed E-state index contributed by atoms with van der Waals surface area (Å²) in [6.07, 6.45) is 1.36. The van der Waals surface area contributed by atoms with Crippen molar-refractivity contribution in [1.82, 2.24) is 25.7 Å². The predicted octanol–water partition coefficient (Wildman–Crippen LogP) is 2.17. The first-order valence-electron chi connectivity index (χ1n) is 6.97. The third kappa shape index (κ3) is 2.83. The average molecular weight is 299 g/mol. The van der Waals surface area contributed by atoms with E-state index in [-0.39, 0.29) is 23.6 Å². The van der Waals surface area contributed by atoms with Crippen molar-refractivity contribution in [3.8, 4) is 0 Å². The van der Waals surface area contributed by atoms with Crippen molar-refractivity contribution in [2.45, 2.75) is 32.7 Å². The second kappa shape index (κ2) is 5.25. The molecule has 7 heteroatoms. The summed E-state index contributed by atoms with van der Waals surface area (Å²) in [5.74, 6) is 0.129. The number of hydrogen-bond donors (Lipinski definition) is 2. The van der Waals surface area contributed by atoms with E-state index >= 15 is 0 Å². The van der Waals surface area contributed by atoms with Crippen molar-refractivity contribution in [3.63, 3.8) is 0 Å². The van der Waals surface area contributed by atoms with E-state index in [4.69, 9.17) is 4.42 Å². The molecule has 3 rings (SSSR count). The Labute approximate surface area is 127 Å². The number of nitrogens with one attached hydrogen (secondary N) is 2. The Morgan fingerprint density at radius 2 is 2.18 bits per heavy atom. The summed E-state index contributed by atoms with van der Waals surface area (Å²) >= 11 is 0. The van der Waals surface area contributed by atoms with Crippen LogP contribution in [-0.4, -0.2) is 26.3 Å². The summed E-state index contributed by atoms with van der Waals surface area (Å²) in [6, 6.07) is 5.96. The van der Waals surface area contributed by atoms with E-state index < -0.39 is 0 Å². The molecule has 22 heavy (non-hydrogen) atoms. The van der Waals surface area contributed by atoms with Crippen LogP contribution in [-0.2, 0) is 12.0 Å². The minimum Gasteiger partial charge on any atom is -0.439 e. The lowest BCUT2D eigenvalue weighted by atomic mass is 9.87. The molecule has 0 saturated carbocycles. The lowest BCUT2D eigenvalue weighted by Gasteiger charge is -2.18. The van der Waals surface area contributed by atoms with Crippen molar-refractivity contribution in [3.05, 3.63) is 41.5 Å². The zero-order valence-electron chi connectivity index (χ0n) is 12.7. The molecule has 2 heterocycles. The summed E-state index contributed by atoms with van der Waals surface area (Å²) < 4.78 is 5.63. The molecule has 0 aliphatic carbocycles. The Morgan fingerprint density at radius 3 is 2.86 bits per heavy atom. The largest absolute Gasteiger partial charge is 0.439 e. The van der Waals surface area contributed by atoms with Gasteiger partial charge in [0.25, 0.3) is 5.91 Å². The Morgan fingerprint density at radius 1 is 1.36 bits per heavy atom. The van der Waals surface area contributed by atoms with Crippen LogP contribution in [0.15, 0.2) is 28.8 Å². The molecule has 3 aromatic rings. The highest BCUT2D eigenvalue weighted by atomic mass is 16.3. The Bertz CT molecular complexity index is 799. The van der Waals surface area contributed by atoms with Crippen LogP contribution in [0.5, 0.6) is 0 Å². The molecule has 0 spiro atoms. The Hall–Kier alpha value is -2.70. The van der Waals surface area contributed by atoms with Crippen molar-refractivity contribution < 1.29 is 9.21 Å². The smallest absolute Gasteiger partial charge is 0.273 e. The normalized spacial score (nSPS) is 11.8. The molecule has 0 unspecified atom stereocenters. The number of aromatic amines is 1. The molecule has 0 fully saturated rings. The van der Waals surface area contributed by atoms with E-state index in [0.717, 1.165) is 5.52 Å². The number of carbonyl (C=O) groups excluding carboxylic acids is 1. The number of fused-ring (bicyclic) bond motifs is 1. The predicted molar refractivity (Wildman–Crippen MR) is 80.3 cm³/mol. The molecule has 2 aromatic heterocycles. The maximum atomic E-state index is 11.8. The van der Waals surface area contributed by atoms with Crippen LogP contribution in [0.25, 0.3) is 11.1 Å². The number of oxazole rings is 1. The number of benzene rings is 1. The highest BCUT2D eigenvalue weighted by Crippen LogP contribution is 2.26. The van der Waals surface area contributed by atoms with E-state index in [1.807, 2.05) is 18.2 Å². The van der Waals surface area contributed by atoms with Crippen LogP contribution in [0.4, 0.5) is 0 Å². The van der Waals surface area contributed by atoms with Gasteiger partial charge in [0, 0.05) is 0 Å². The van der Waals surface area contributed by atoms with Gasteiger partial charge in [-0.2, -0.15) is 15.4 Å². The summed E-state index contributed by atoms with van der Waals surface area (Å²) in [4.78, 5) is 16.2. The van der Waals surface area contributed by atoms with Crippen LogP contribution in [0, 0.1) is 0 Å². The van der Waals surface area contributed by atoms with E-state index in [1.165, 1.54) is 11.8 Å². The average Bonchev–Trinajstić information content (AvgIpc) is 3.11. The number of rotatable bonds is 3. The first kappa shape index (κ1) is 14.2. The number of carbonyl (C=O) groups is 1. The summed E-state index contributed by atoms with van der Waals surface area (Å²) in [5, 5.41) is 12.4. The van der Waals surface area contributed by atoms with Gasteiger partial charge >= 0.3 is 0 Å². The third-order valence-electron chi connectivity index (χ3n) is 3.35. The topological polar surface area (TPSA) is 96.7 Å². The fourth-order valence-corrected chi connectivity index (χ4v) is 2.07. The number of aromatic nitrogens is 4. The summed E-state index contributed by atoms with van der Waals surface area (Å²) in [6.45, 7) is 6.64. The zero-order chi connectivity index (χ0) is 15.7. The maximum absolute atomic E-state index is 11.8. The van der Waals surface area contributed by atoms with E-state index in [2.05, 4.69) is 46.5 Å². The molecule has 2 N–H and O–H groups in total. The van der Waals surface area contributed by atoms with Crippen molar-refractivity contribution >= 4 is 17.0 Å². The molecular weight excluding hydrogens is 282 g/mol. The number of amides is 1. The van der Waals surface area contributed by atoms with Crippen LogP contribution >= 0.6 is 0 Å². The van der Waals surface area contributed by atoms with Crippen LogP contribution in [0.2, 0.25) is 0 Å². The van der Waals surface area contributed by atoms with E-state index in [9.17, 15) is 4.79 Å². The summed E-state index contributed by atoms with van der Waals surface area (Å²) in [7, 11) is 0. The number of H-pyrrole nitrogens is 1. The van der Waals surface area contributed by atoms with Gasteiger partial charge in [0.05, 0.1) is 12.7 Å². The quantitative estimate of drug-likeness (QED) is 0.772. The second-order valence-corrected chi connectivity index (χ2v) is 6.08.